The molecule has 1 aromatic rings. The molecule has 1 aromatic carbocycles. The maximum Gasteiger partial charge on any atom is 0.274 e. The first kappa shape index (κ1) is 16.9. The molecule has 10 nitrogen and oxygen atoms in total. The second kappa shape index (κ2) is 6.77. The van der Waals surface area contributed by atoms with Gasteiger partial charge in [-0.15, -0.1) is 4.94 Å². The van der Waals surface area contributed by atoms with Crippen molar-refractivity contribution >= 4 is 15.9 Å². The van der Waals surface area contributed by atoms with Gasteiger partial charge in [0.25, 0.3) is 10.2 Å². The van der Waals surface area contributed by atoms with E-state index in [1.54, 1.807) is 6.07 Å². The van der Waals surface area contributed by atoms with Crippen molar-refractivity contribution in [1.29, 1.82) is 5.26 Å². The molecule has 0 radical (unpaired) electrons. The molecule has 0 saturated heterocycles. The van der Waals surface area contributed by atoms with Crippen LogP contribution in [0.5, 0.6) is 0 Å². The van der Waals surface area contributed by atoms with Crippen molar-refractivity contribution in [3.8, 4) is 6.07 Å². The Hall–Kier alpha value is -2.43. The summed E-state index contributed by atoms with van der Waals surface area (Å²) in [6, 6.07) is 5.38. The molecule has 124 valence electrons. The molecule has 5 N–H and O–H groups in total. The smallest absolute Gasteiger partial charge is 0.274 e. The molecule has 0 bridgehead atoms. The number of nitrogens with two attached hydrogens (primary N) is 1. The Balaban J connectivity index is 2.01. The molecule has 0 aromatic heterocycles. The molecule has 0 unspecified atom stereocenters. The zero-order chi connectivity index (χ0) is 17.0. The summed E-state index contributed by atoms with van der Waals surface area (Å²) in [7, 11) is -3.79. The predicted octanol–water partition coefficient (Wildman–Crippen LogP) is -0.763. The number of halogens is 1. The number of rotatable bonds is 6. The van der Waals surface area contributed by atoms with Crippen molar-refractivity contribution in [1.82, 2.24) is 15.3 Å². The number of hydrogen-bond donors (Lipinski definition) is 4. The Kier molecular flexibility index (Phi) is 4.98. The average Bonchev–Trinajstić information content (AvgIpc) is 2.84. The number of hydroxylamine groups is 3. The van der Waals surface area contributed by atoms with Gasteiger partial charge in [-0.1, -0.05) is 5.23 Å². The molecule has 0 spiro atoms. The van der Waals surface area contributed by atoms with Crippen molar-refractivity contribution in [3.63, 3.8) is 0 Å². The van der Waals surface area contributed by atoms with Crippen LogP contribution in [-0.4, -0.2) is 31.9 Å². The summed E-state index contributed by atoms with van der Waals surface area (Å²) in [4.78, 5) is 4.97. The van der Waals surface area contributed by atoms with Gasteiger partial charge in [0, 0.05) is 13.1 Å². The fraction of sp³-hybridized carbons (Fsp3) is 0.182. The van der Waals surface area contributed by atoms with Crippen LogP contribution in [0.1, 0.15) is 5.56 Å². The van der Waals surface area contributed by atoms with Gasteiger partial charge in [-0.05, 0) is 18.2 Å². The van der Waals surface area contributed by atoms with Gasteiger partial charge in [0.2, 0.25) is 0 Å². The van der Waals surface area contributed by atoms with Gasteiger partial charge < -0.3 is 5.32 Å². The molecule has 12 heteroatoms. The molecule has 0 atom stereocenters. The Morgan fingerprint density at radius 3 is 2.83 bits per heavy atom. The molecule has 0 fully saturated rings. The normalized spacial score (nSPS) is 14.6. The largest absolute Gasteiger partial charge is 0.365 e. The quantitative estimate of drug-likeness (QED) is 0.493. The second-order valence-corrected chi connectivity index (χ2v) is 5.72. The summed E-state index contributed by atoms with van der Waals surface area (Å²) in [5.74, 6) is -0.572. The van der Waals surface area contributed by atoms with Crippen molar-refractivity contribution in [3.05, 3.63) is 41.6 Å². The Morgan fingerprint density at radius 1 is 1.43 bits per heavy atom. The van der Waals surface area contributed by atoms with Gasteiger partial charge in [-0.2, -0.15) is 18.7 Å². The topological polar surface area (TPSA) is 144 Å². The van der Waals surface area contributed by atoms with E-state index in [9.17, 15) is 18.0 Å². The summed E-state index contributed by atoms with van der Waals surface area (Å²) < 4.78 is 36.7. The average molecular weight is 344 g/mol. The van der Waals surface area contributed by atoms with Crippen LogP contribution in [0, 0.1) is 17.1 Å². The second-order valence-electron chi connectivity index (χ2n) is 4.34. The molecule has 0 aliphatic carbocycles. The lowest BCUT2D eigenvalue weighted by Gasteiger charge is -2.16. The molecule has 0 amide bonds. The van der Waals surface area contributed by atoms with Gasteiger partial charge in [-0.25, -0.2) is 14.3 Å². The first-order chi connectivity index (χ1) is 10.8. The van der Waals surface area contributed by atoms with Crippen LogP contribution in [0.4, 0.5) is 10.1 Å². The molecule has 2 rings (SSSR count). The molecule has 0 saturated carbocycles. The van der Waals surface area contributed by atoms with E-state index < -0.39 is 16.0 Å². The summed E-state index contributed by atoms with van der Waals surface area (Å²) in [5.41, 5.74) is 0.129. The highest BCUT2D eigenvalue weighted by atomic mass is 32.2. The Morgan fingerprint density at radius 2 is 2.17 bits per heavy atom. The summed E-state index contributed by atoms with van der Waals surface area (Å²) in [6.45, 7) is 0.0997. The van der Waals surface area contributed by atoms with Crippen LogP contribution in [-0.2, 0) is 15.1 Å². The van der Waals surface area contributed by atoms with Gasteiger partial charge in [0.05, 0.1) is 17.5 Å². The highest BCUT2D eigenvalue weighted by molar-refractivity contribution is 7.87. The molecular weight excluding hydrogens is 331 g/mol. The van der Waals surface area contributed by atoms with E-state index in [0.29, 0.717) is 10.9 Å². The Bertz CT molecular complexity index is 762. The lowest BCUT2D eigenvalue weighted by molar-refractivity contribution is -0.306. The number of nitriles is 1. The lowest BCUT2D eigenvalue weighted by atomic mass is 10.2. The van der Waals surface area contributed by atoms with Crippen molar-refractivity contribution in [2.45, 2.75) is 0 Å². The minimum atomic E-state index is -3.79. The zero-order valence-electron chi connectivity index (χ0n) is 11.6. The summed E-state index contributed by atoms with van der Waals surface area (Å²) in [5, 5.41) is 27.3. The maximum atomic E-state index is 13.3. The molecular formula is C11H13FN6O4S. The highest BCUT2D eigenvalue weighted by Gasteiger charge is 2.23. The fourth-order valence-corrected chi connectivity index (χ4v) is 2.05. The third-order valence-electron chi connectivity index (χ3n) is 2.67. The van der Waals surface area contributed by atoms with Crippen LogP contribution in [0.2, 0.25) is 0 Å². The van der Waals surface area contributed by atoms with E-state index in [2.05, 4.69) is 10.0 Å². The number of nitrogens with one attached hydrogen (secondary N) is 2. The number of benzene rings is 1. The third-order valence-corrected chi connectivity index (χ3v) is 3.28. The first-order valence-electron chi connectivity index (χ1n) is 6.19. The number of nitrogens with zero attached hydrogens (tertiary/aromatic N) is 3. The third kappa shape index (κ3) is 4.52. The van der Waals surface area contributed by atoms with E-state index in [-0.39, 0.29) is 24.5 Å². The van der Waals surface area contributed by atoms with E-state index >= 15 is 0 Å². The Labute approximate surface area is 131 Å². The lowest BCUT2D eigenvalue weighted by Crippen LogP contribution is -2.37. The number of hydrogen-bond acceptors (Lipinski definition) is 8. The molecule has 1 heterocycles. The summed E-state index contributed by atoms with van der Waals surface area (Å²) >= 11 is 0. The van der Waals surface area contributed by atoms with Gasteiger partial charge in [0.1, 0.15) is 11.9 Å². The van der Waals surface area contributed by atoms with Crippen LogP contribution in [0.3, 0.4) is 0 Å². The highest BCUT2D eigenvalue weighted by Crippen LogP contribution is 2.24. The van der Waals surface area contributed by atoms with Crippen LogP contribution < -0.4 is 20.2 Å². The minimum absolute atomic E-state index is 0.0147. The molecule has 1 aliphatic heterocycles. The van der Waals surface area contributed by atoms with Crippen molar-refractivity contribution in [2.24, 2.45) is 5.14 Å². The van der Waals surface area contributed by atoms with Crippen LogP contribution in [0.15, 0.2) is 30.2 Å². The maximum absolute atomic E-state index is 13.3. The van der Waals surface area contributed by atoms with Crippen LogP contribution >= 0.6 is 0 Å². The predicted molar refractivity (Wildman–Crippen MR) is 75.5 cm³/mol. The SMILES string of the molecule is N#Cc1cc(N2C=C(NCCNS(N)(=O)=O)N(O)O2)ccc1F. The van der Waals surface area contributed by atoms with E-state index in [4.69, 9.17) is 15.3 Å². The fourth-order valence-electron chi connectivity index (χ4n) is 1.67. The standard InChI is InChI=1S/C11H13FN6O4S/c12-10-2-1-9(5-8(10)6-13)17-7-11(18(19)22-17)15-3-4-16-23(14,20)21/h1-2,5,7,15-16,19H,3-4H2,(H2,14,20,21). The molecule has 1 aliphatic rings. The van der Waals surface area contributed by atoms with Gasteiger partial charge in [-0.3, -0.25) is 5.21 Å². The van der Waals surface area contributed by atoms with E-state index in [0.717, 1.165) is 11.1 Å². The van der Waals surface area contributed by atoms with Crippen LogP contribution in [0.25, 0.3) is 0 Å². The van der Waals surface area contributed by atoms with Crippen molar-refractivity contribution in [2.75, 3.05) is 18.2 Å². The first-order valence-corrected chi connectivity index (χ1v) is 7.74. The van der Waals surface area contributed by atoms with Crippen molar-refractivity contribution < 1.29 is 23.0 Å². The van der Waals surface area contributed by atoms with Gasteiger partial charge in [0.15, 0.2) is 5.82 Å². The van der Waals surface area contributed by atoms with E-state index in [1.165, 1.54) is 18.3 Å². The summed E-state index contributed by atoms with van der Waals surface area (Å²) in [6.07, 6.45) is 1.32. The minimum Gasteiger partial charge on any atom is -0.365 e. The monoisotopic (exact) mass is 344 g/mol. The van der Waals surface area contributed by atoms with E-state index in [1.807, 2.05) is 0 Å². The zero-order valence-corrected chi connectivity index (χ0v) is 12.4. The number of anilines is 1. The van der Waals surface area contributed by atoms with Gasteiger partial charge >= 0.3 is 0 Å². The molecule has 23 heavy (non-hydrogen) atoms.